The molecule has 2 atom stereocenters. The molecule has 0 bridgehead atoms. The molecular formula is C21H39N7O6S. The molecule has 0 aromatic heterocycles. The lowest BCUT2D eigenvalue weighted by atomic mass is 9.84. The van der Waals surface area contributed by atoms with Crippen molar-refractivity contribution in [3.63, 3.8) is 0 Å². The zero-order valence-electron chi connectivity index (χ0n) is 20.8. The number of carbonyl (C=O) groups excluding carboxylic acids is 4. The summed E-state index contributed by atoms with van der Waals surface area (Å²) in [5.41, 5.74) is 10.3. The fourth-order valence-electron chi connectivity index (χ4n) is 3.14. The van der Waals surface area contributed by atoms with Crippen LogP contribution in [0.25, 0.3) is 0 Å². The molecule has 0 rings (SSSR count). The van der Waals surface area contributed by atoms with Gasteiger partial charge in [-0.3, -0.25) is 24.2 Å². The van der Waals surface area contributed by atoms with Crippen molar-refractivity contribution in [2.24, 2.45) is 21.9 Å². The van der Waals surface area contributed by atoms with Gasteiger partial charge in [0.1, 0.15) is 12.5 Å². The van der Waals surface area contributed by atoms with Crippen LogP contribution in [0, 0.1) is 5.41 Å². The fourth-order valence-corrected chi connectivity index (χ4v) is 3.69. The summed E-state index contributed by atoms with van der Waals surface area (Å²) in [5.74, 6) is -3.69. The lowest BCUT2D eigenvalue weighted by Gasteiger charge is -2.30. The number of guanidine groups is 1. The van der Waals surface area contributed by atoms with Crippen molar-refractivity contribution in [2.75, 3.05) is 26.2 Å². The lowest BCUT2D eigenvalue weighted by molar-refractivity contribution is -0.142. The van der Waals surface area contributed by atoms with Crippen LogP contribution in [-0.2, 0) is 24.0 Å². The Morgan fingerprint density at radius 2 is 1.54 bits per heavy atom. The molecule has 14 heteroatoms. The molecule has 0 radical (unpaired) electrons. The standard InChI is InChI=1S/C21H39N7O6S/c1-20(2,3)12-21(4,35)18(34)25-9-8-24-16(31)11-27-14(29)10-15(30)28-13(17(32)33)6-5-7-26-19(22)23/h13,35H,5-12H2,1-4H3,(H,24,31)(H,25,34)(H,27,29)(H,28,30)(H,32,33)(H4,22,23,26)/t13-,21?/m0/s1. The molecule has 9 N–H and O–H groups in total. The summed E-state index contributed by atoms with van der Waals surface area (Å²) < 4.78 is -0.858. The molecule has 0 saturated heterocycles. The van der Waals surface area contributed by atoms with Crippen molar-refractivity contribution in [1.82, 2.24) is 21.3 Å². The van der Waals surface area contributed by atoms with Crippen LogP contribution >= 0.6 is 12.6 Å². The monoisotopic (exact) mass is 517 g/mol. The maximum Gasteiger partial charge on any atom is 0.326 e. The smallest absolute Gasteiger partial charge is 0.326 e. The number of aliphatic carboxylic acids is 1. The summed E-state index contributed by atoms with van der Waals surface area (Å²) in [5, 5.41) is 18.9. The third kappa shape index (κ3) is 16.3. The first kappa shape index (κ1) is 32.0. The highest BCUT2D eigenvalue weighted by molar-refractivity contribution is 7.82. The molecule has 4 amide bonds. The van der Waals surface area contributed by atoms with Crippen molar-refractivity contribution in [2.45, 2.75) is 64.2 Å². The summed E-state index contributed by atoms with van der Waals surface area (Å²) in [6, 6.07) is -1.20. The summed E-state index contributed by atoms with van der Waals surface area (Å²) >= 11 is 4.43. The van der Waals surface area contributed by atoms with Crippen molar-refractivity contribution in [3.05, 3.63) is 0 Å². The summed E-state index contributed by atoms with van der Waals surface area (Å²) in [6.45, 7) is 7.90. The van der Waals surface area contributed by atoms with Crippen molar-refractivity contribution in [1.29, 1.82) is 0 Å². The number of rotatable bonds is 15. The highest BCUT2D eigenvalue weighted by Crippen LogP contribution is 2.31. The van der Waals surface area contributed by atoms with E-state index >= 15 is 0 Å². The molecule has 1 unspecified atom stereocenters. The van der Waals surface area contributed by atoms with Crippen LogP contribution in [0.3, 0.4) is 0 Å². The Morgan fingerprint density at radius 1 is 0.943 bits per heavy atom. The minimum atomic E-state index is -1.26. The second-order valence-corrected chi connectivity index (χ2v) is 10.5. The number of nitrogens with two attached hydrogens (primary N) is 2. The van der Waals surface area contributed by atoms with Crippen LogP contribution in [0.5, 0.6) is 0 Å². The summed E-state index contributed by atoms with van der Waals surface area (Å²) in [6.07, 6.45) is 0.300. The Hall–Kier alpha value is -3.03. The van der Waals surface area contributed by atoms with Gasteiger partial charge in [-0.1, -0.05) is 20.8 Å². The third-order valence-electron chi connectivity index (χ3n) is 4.44. The molecule has 0 aromatic carbocycles. The number of hydrogen-bond acceptors (Lipinski definition) is 7. The van der Waals surface area contributed by atoms with Gasteiger partial charge in [-0.05, 0) is 31.6 Å². The molecular weight excluding hydrogens is 478 g/mol. The molecule has 0 fully saturated rings. The predicted octanol–water partition coefficient (Wildman–Crippen LogP) is -1.53. The van der Waals surface area contributed by atoms with E-state index in [0.29, 0.717) is 12.8 Å². The zero-order valence-corrected chi connectivity index (χ0v) is 21.7. The van der Waals surface area contributed by atoms with E-state index in [1.165, 1.54) is 0 Å². The molecule has 35 heavy (non-hydrogen) atoms. The van der Waals surface area contributed by atoms with Crippen molar-refractivity contribution >= 4 is 48.2 Å². The third-order valence-corrected chi connectivity index (χ3v) is 4.80. The molecule has 0 aliphatic carbocycles. The van der Waals surface area contributed by atoms with E-state index < -0.39 is 40.9 Å². The van der Waals surface area contributed by atoms with Gasteiger partial charge in [0.2, 0.25) is 23.6 Å². The van der Waals surface area contributed by atoms with E-state index in [1.54, 1.807) is 6.92 Å². The summed E-state index contributed by atoms with van der Waals surface area (Å²) in [7, 11) is 0. The van der Waals surface area contributed by atoms with Crippen LogP contribution in [0.15, 0.2) is 4.99 Å². The Labute approximate surface area is 211 Å². The lowest BCUT2D eigenvalue weighted by Crippen LogP contribution is -2.46. The number of amides is 4. The summed E-state index contributed by atoms with van der Waals surface area (Å²) in [4.78, 5) is 63.0. The number of carboxylic acid groups (broad SMARTS) is 1. The van der Waals surface area contributed by atoms with Crippen LogP contribution < -0.4 is 32.7 Å². The first-order valence-corrected chi connectivity index (χ1v) is 11.6. The predicted molar refractivity (Wildman–Crippen MR) is 135 cm³/mol. The van der Waals surface area contributed by atoms with Crippen molar-refractivity contribution < 1.29 is 29.1 Å². The number of nitrogens with zero attached hydrogens (tertiary/aromatic N) is 1. The molecule has 0 aliphatic heterocycles. The fraction of sp³-hybridized carbons (Fsp3) is 0.714. The number of carbonyl (C=O) groups is 5. The van der Waals surface area contributed by atoms with Crippen LogP contribution in [-0.4, -0.2) is 77.6 Å². The molecule has 0 heterocycles. The molecule has 200 valence electrons. The van der Waals surface area contributed by atoms with E-state index in [4.69, 9.17) is 11.5 Å². The molecule has 0 aromatic rings. The zero-order chi connectivity index (χ0) is 27.2. The number of nitrogens with one attached hydrogen (secondary N) is 4. The minimum absolute atomic E-state index is 0.0704. The van der Waals surface area contributed by atoms with Crippen molar-refractivity contribution in [3.8, 4) is 0 Å². The van der Waals surface area contributed by atoms with Crippen LogP contribution in [0.4, 0.5) is 0 Å². The van der Waals surface area contributed by atoms with E-state index in [-0.39, 0.29) is 49.9 Å². The molecule has 13 nitrogen and oxygen atoms in total. The van der Waals surface area contributed by atoms with Gasteiger partial charge in [0, 0.05) is 19.6 Å². The van der Waals surface area contributed by atoms with Gasteiger partial charge in [0.15, 0.2) is 5.96 Å². The topological polar surface area (TPSA) is 218 Å². The van der Waals surface area contributed by atoms with Gasteiger partial charge in [0.05, 0.1) is 11.3 Å². The average molecular weight is 518 g/mol. The first-order chi connectivity index (χ1) is 16.0. The van der Waals surface area contributed by atoms with Crippen LogP contribution in [0.2, 0.25) is 0 Å². The SMILES string of the molecule is CC(C)(C)CC(C)(S)C(=O)NCCNC(=O)CNC(=O)CC(=O)N[C@@H](CCCN=C(N)N)C(=O)O. The van der Waals surface area contributed by atoms with Crippen LogP contribution in [0.1, 0.15) is 53.4 Å². The average Bonchev–Trinajstić information content (AvgIpc) is 2.69. The van der Waals surface area contributed by atoms with E-state index in [1.807, 2.05) is 20.8 Å². The van der Waals surface area contributed by atoms with Gasteiger partial charge in [0.25, 0.3) is 0 Å². The van der Waals surface area contributed by atoms with E-state index in [9.17, 15) is 29.1 Å². The molecule has 0 aliphatic rings. The number of thiol groups is 1. The van der Waals surface area contributed by atoms with Gasteiger partial charge in [-0.15, -0.1) is 0 Å². The number of carboxylic acids is 1. The number of aliphatic imine (C=N–C) groups is 1. The second-order valence-electron chi connectivity index (χ2n) is 9.48. The molecule has 0 saturated carbocycles. The Balaban J connectivity index is 4.25. The normalized spacial score (nSPS) is 13.5. The van der Waals surface area contributed by atoms with Gasteiger partial charge in [-0.25, -0.2) is 4.79 Å². The highest BCUT2D eigenvalue weighted by Gasteiger charge is 2.33. The van der Waals surface area contributed by atoms with E-state index in [0.717, 1.165) is 0 Å². The maximum atomic E-state index is 12.3. The van der Waals surface area contributed by atoms with E-state index in [2.05, 4.69) is 38.9 Å². The first-order valence-electron chi connectivity index (χ1n) is 11.1. The maximum absolute atomic E-state index is 12.3. The van der Waals surface area contributed by atoms with Gasteiger partial charge < -0.3 is 37.8 Å². The number of hydrogen-bond donors (Lipinski definition) is 8. The second kappa shape index (κ2) is 15.1. The van der Waals surface area contributed by atoms with Gasteiger partial charge in [-0.2, -0.15) is 12.6 Å². The Bertz CT molecular complexity index is 792. The largest absolute Gasteiger partial charge is 0.480 e. The Kier molecular flexibility index (Phi) is 13.8. The highest BCUT2D eigenvalue weighted by atomic mass is 32.1. The molecule has 0 spiro atoms. The quantitative estimate of drug-likeness (QED) is 0.0418. The Morgan fingerprint density at radius 3 is 2.09 bits per heavy atom. The minimum Gasteiger partial charge on any atom is -0.480 e. The van der Waals surface area contributed by atoms with Gasteiger partial charge >= 0.3 is 5.97 Å².